The average Bonchev–Trinajstić information content (AvgIpc) is 3.79. The Morgan fingerprint density at radius 3 is 2.17 bits per heavy atom. The normalized spacial score (nSPS) is 18.2. The van der Waals surface area contributed by atoms with Crippen molar-refractivity contribution < 1.29 is 34.8 Å². The molecule has 0 unspecified atom stereocenters. The molecule has 4 aromatic carbocycles. The molecular weight excluding hydrogens is 903 g/mol. The van der Waals surface area contributed by atoms with Crippen LogP contribution in [0.15, 0.2) is 117 Å². The van der Waals surface area contributed by atoms with Crippen LogP contribution in [0.5, 0.6) is 0 Å². The number of carbonyl (C=O) groups excluding carboxylic acids is 1. The van der Waals surface area contributed by atoms with Gasteiger partial charge in [0.05, 0.1) is 10.6 Å². The molecule has 2 fully saturated rings. The second-order valence-corrected chi connectivity index (χ2v) is 22.7. The maximum Gasteiger partial charge on any atom is 0.501 e. The first-order chi connectivity index (χ1) is 30.4. The molecule has 2 saturated heterocycles. The molecule has 4 aromatic rings. The van der Waals surface area contributed by atoms with E-state index in [1.165, 1.54) is 40.6 Å². The Balaban J connectivity index is 1.01. The zero-order valence-electron chi connectivity index (χ0n) is 36.0. The van der Waals surface area contributed by atoms with Crippen LogP contribution in [-0.2, 0) is 19.9 Å². The van der Waals surface area contributed by atoms with E-state index in [2.05, 4.69) is 46.0 Å². The highest BCUT2D eigenvalue weighted by molar-refractivity contribution is 7.99. The fourth-order valence-electron chi connectivity index (χ4n) is 8.57. The number of alkyl halides is 3. The number of amides is 1. The fourth-order valence-corrected chi connectivity index (χ4v) is 11.7. The van der Waals surface area contributed by atoms with Crippen molar-refractivity contribution >= 4 is 66.1 Å². The van der Waals surface area contributed by atoms with Crippen LogP contribution in [0.1, 0.15) is 68.3 Å². The number of rotatable bonds is 16. The Labute approximate surface area is 384 Å². The Hall–Kier alpha value is -4.06. The first-order valence-electron chi connectivity index (χ1n) is 21.6. The Kier molecular flexibility index (Phi) is 15.1. The van der Waals surface area contributed by atoms with Crippen molar-refractivity contribution in [2.75, 3.05) is 68.3 Å². The van der Waals surface area contributed by atoms with Gasteiger partial charge >= 0.3 is 5.51 Å². The highest BCUT2D eigenvalue weighted by Crippen LogP contribution is 2.43. The van der Waals surface area contributed by atoms with E-state index in [-0.39, 0.29) is 16.7 Å². The summed E-state index contributed by atoms with van der Waals surface area (Å²) in [5.41, 5.74) is -0.956. The van der Waals surface area contributed by atoms with Crippen LogP contribution >= 0.6 is 23.4 Å². The van der Waals surface area contributed by atoms with Gasteiger partial charge in [0.25, 0.3) is 25.8 Å². The van der Waals surface area contributed by atoms with Gasteiger partial charge < -0.3 is 15.1 Å². The molecule has 1 atom stereocenters. The molecule has 1 aliphatic carbocycles. The van der Waals surface area contributed by atoms with Crippen molar-refractivity contribution in [3.8, 4) is 0 Å². The van der Waals surface area contributed by atoms with Gasteiger partial charge in [-0.25, -0.2) is 21.6 Å². The molecule has 0 bridgehead atoms. The molecule has 344 valence electrons. The average molecular weight is 959 g/mol. The number of hydrogen-bond donors (Lipinski definition) is 2. The summed E-state index contributed by atoms with van der Waals surface area (Å²) in [6.45, 7) is 11.1. The second-order valence-electron chi connectivity index (χ2n) is 17.6. The fraction of sp³-hybridized carbons (Fsp3) is 0.426. The number of allylic oxidation sites excluding steroid dienone is 1. The summed E-state index contributed by atoms with van der Waals surface area (Å²) in [4.78, 5) is 19.1. The Bertz CT molecular complexity index is 2510. The van der Waals surface area contributed by atoms with Gasteiger partial charge in [0.1, 0.15) is 4.90 Å². The topological polar surface area (TPSA) is 119 Å². The summed E-state index contributed by atoms with van der Waals surface area (Å²) in [5, 5.41) is 3.72. The van der Waals surface area contributed by atoms with Crippen LogP contribution in [0.4, 0.5) is 24.5 Å². The van der Waals surface area contributed by atoms with Crippen LogP contribution in [0, 0.1) is 5.41 Å². The number of benzene rings is 4. The minimum atomic E-state index is -6.03. The summed E-state index contributed by atoms with van der Waals surface area (Å²) in [6.07, 6.45) is 5.76. The van der Waals surface area contributed by atoms with Gasteiger partial charge in [-0.3, -0.25) is 9.69 Å². The number of piperazine rings is 1. The minimum absolute atomic E-state index is 0.00559. The largest absolute Gasteiger partial charge is 0.501 e. The number of likely N-dealkylation sites (tertiary alicyclic amines) is 1. The Morgan fingerprint density at radius 2 is 1.52 bits per heavy atom. The van der Waals surface area contributed by atoms with Crippen LogP contribution in [0.25, 0.3) is 5.57 Å². The molecule has 1 amide bonds. The molecule has 3 aliphatic rings. The van der Waals surface area contributed by atoms with Gasteiger partial charge in [0, 0.05) is 72.2 Å². The number of sulfone groups is 1. The summed E-state index contributed by atoms with van der Waals surface area (Å²) >= 11 is 7.67. The van der Waals surface area contributed by atoms with E-state index >= 15 is 0 Å². The molecule has 0 saturated carbocycles. The predicted molar refractivity (Wildman–Crippen MR) is 250 cm³/mol. The second kappa shape index (κ2) is 20.2. The predicted octanol–water partition coefficient (Wildman–Crippen LogP) is 9.60. The van der Waals surface area contributed by atoms with Gasteiger partial charge in [-0.1, -0.05) is 61.4 Å². The summed E-state index contributed by atoms with van der Waals surface area (Å²) < 4.78 is 97.5. The molecule has 64 heavy (non-hydrogen) atoms. The third kappa shape index (κ3) is 12.0. The van der Waals surface area contributed by atoms with Gasteiger partial charge in [0.2, 0.25) is 0 Å². The number of nitrogens with zero attached hydrogens (tertiary/aromatic N) is 3. The van der Waals surface area contributed by atoms with Gasteiger partial charge in [0.15, 0.2) is 0 Å². The molecule has 0 radical (unpaired) electrons. The highest BCUT2D eigenvalue weighted by Gasteiger charge is 2.48. The molecule has 2 heterocycles. The molecule has 2 aliphatic heterocycles. The number of sulfonamides is 1. The first kappa shape index (κ1) is 47.9. The summed E-state index contributed by atoms with van der Waals surface area (Å²) in [6, 6.07) is 26.0. The lowest BCUT2D eigenvalue weighted by Crippen LogP contribution is -2.47. The van der Waals surface area contributed by atoms with Crippen molar-refractivity contribution in [2.45, 2.75) is 78.6 Å². The third-order valence-electron chi connectivity index (χ3n) is 12.3. The number of hydrogen-bond acceptors (Lipinski definition) is 10. The molecular formula is C47H55ClF3N5O5S3. The third-order valence-corrected chi connectivity index (χ3v) is 16.6. The number of nitrogens with one attached hydrogen (secondary N) is 2. The van der Waals surface area contributed by atoms with Gasteiger partial charge in [-0.05, 0) is 135 Å². The van der Waals surface area contributed by atoms with Crippen molar-refractivity contribution in [3.05, 3.63) is 119 Å². The van der Waals surface area contributed by atoms with Crippen LogP contribution in [-0.4, -0.2) is 102 Å². The quantitative estimate of drug-likeness (QED) is 0.105. The SMILES string of the molecule is CC1(C)CCC(CN2CCN(c3ccc(C(=O)NS(=O)(=O)c4ccc(N[C@H](CCN5CCCC5)CSc5ccccc5)c(S(=O)(=O)C(F)(F)F)c4)cc3)CC2)=C(c2ccc(Cl)cc2)C1. The maximum atomic E-state index is 14.1. The standard InChI is InChI=1S/C47H55ClF3N5O5S3/c1-46(2)22-20-36(42(31-46)34-10-14-37(48)15-11-34)32-55-26-28-56(29-27-55)39-16-12-35(13-17-39)45(57)53-64(60,61)41-18-19-43(44(30-41)63(58,59)47(49,50)51)52-38(21-25-54-23-6-7-24-54)33-62-40-8-4-3-5-9-40/h3-5,8-19,30,38,52H,6-7,20-29,31-33H2,1-2H3,(H,53,57)/t38-/m1/s1. The highest BCUT2D eigenvalue weighted by atomic mass is 35.5. The zero-order valence-corrected chi connectivity index (χ0v) is 39.2. The maximum absolute atomic E-state index is 14.1. The number of thioether (sulfide) groups is 1. The van der Waals surface area contributed by atoms with E-state index in [0.717, 1.165) is 101 Å². The van der Waals surface area contributed by atoms with E-state index in [9.17, 15) is 34.8 Å². The van der Waals surface area contributed by atoms with E-state index in [4.69, 9.17) is 11.6 Å². The molecule has 7 rings (SSSR count). The minimum Gasteiger partial charge on any atom is -0.380 e. The lowest BCUT2D eigenvalue weighted by atomic mass is 9.72. The number of carbonyl (C=O) groups is 1. The molecule has 2 N–H and O–H groups in total. The van der Waals surface area contributed by atoms with Crippen LogP contribution < -0.4 is 14.9 Å². The Morgan fingerprint density at radius 1 is 0.844 bits per heavy atom. The smallest absolute Gasteiger partial charge is 0.380 e. The van der Waals surface area contributed by atoms with Crippen molar-refractivity contribution in [1.29, 1.82) is 0 Å². The molecule has 0 spiro atoms. The molecule has 0 aromatic heterocycles. The molecule has 17 heteroatoms. The first-order valence-corrected chi connectivity index (χ1v) is 25.9. The lowest BCUT2D eigenvalue weighted by molar-refractivity contribution is -0.0435. The van der Waals surface area contributed by atoms with Crippen molar-refractivity contribution in [3.63, 3.8) is 0 Å². The van der Waals surface area contributed by atoms with Gasteiger partial charge in [-0.2, -0.15) is 13.2 Å². The summed E-state index contributed by atoms with van der Waals surface area (Å²) in [5.74, 6) is -0.614. The molecule has 10 nitrogen and oxygen atoms in total. The number of anilines is 2. The van der Waals surface area contributed by atoms with Crippen LogP contribution in [0.3, 0.4) is 0 Å². The van der Waals surface area contributed by atoms with Crippen molar-refractivity contribution in [1.82, 2.24) is 14.5 Å². The monoisotopic (exact) mass is 957 g/mol. The zero-order chi connectivity index (χ0) is 45.7. The lowest BCUT2D eigenvalue weighted by Gasteiger charge is -2.39. The van der Waals surface area contributed by atoms with E-state index < -0.39 is 47.1 Å². The number of halogens is 4. The van der Waals surface area contributed by atoms with Crippen LogP contribution in [0.2, 0.25) is 5.02 Å². The summed E-state index contributed by atoms with van der Waals surface area (Å²) in [7, 11) is -10.9. The van der Waals surface area contributed by atoms with E-state index in [1.54, 1.807) is 12.1 Å². The van der Waals surface area contributed by atoms with E-state index in [1.807, 2.05) is 47.2 Å². The van der Waals surface area contributed by atoms with Gasteiger partial charge in [-0.15, -0.1) is 11.8 Å². The van der Waals surface area contributed by atoms with E-state index in [0.29, 0.717) is 29.8 Å². The van der Waals surface area contributed by atoms with Crippen molar-refractivity contribution in [2.24, 2.45) is 5.41 Å².